The molecule has 30 heavy (non-hydrogen) atoms. The van der Waals surface area contributed by atoms with E-state index in [1.165, 1.54) is 12.1 Å². The maximum absolute atomic E-state index is 13.1. The van der Waals surface area contributed by atoms with Crippen LogP contribution in [0.15, 0.2) is 73.1 Å². The minimum absolute atomic E-state index is 0.109. The Balaban J connectivity index is 1.39. The van der Waals surface area contributed by atoms with Crippen molar-refractivity contribution in [2.75, 3.05) is 18.0 Å². The van der Waals surface area contributed by atoms with Gasteiger partial charge >= 0.3 is 0 Å². The zero-order chi connectivity index (χ0) is 20.3. The van der Waals surface area contributed by atoms with E-state index in [0.29, 0.717) is 11.6 Å². The summed E-state index contributed by atoms with van der Waals surface area (Å²) in [4.78, 5) is 16.2. The standard InChI is InChI=1S/C24H21FN4O/c25-18-7-9-19(10-8-18)30-20-11-14-29(15-12-20)24-21-5-1-2-6-22(21)27-23(28-24)17-4-3-13-26-16-17/h1-10,13,16,20H,11-12,14-15H2. The maximum Gasteiger partial charge on any atom is 0.163 e. The van der Waals surface area contributed by atoms with Gasteiger partial charge < -0.3 is 9.64 Å². The van der Waals surface area contributed by atoms with Crippen LogP contribution in [0.3, 0.4) is 0 Å². The zero-order valence-electron chi connectivity index (χ0n) is 16.4. The summed E-state index contributed by atoms with van der Waals surface area (Å²) in [5.41, 5.74) is 1.82. The van der Waals surface area contributed by atoms with Gasteiger partial charge in [0, 0.05) is 49.3 Å². The number of rotatable bonds is 4. The van der Waals surface area contributed by atoms with Crippen molar-refractivity contribution in [3.63, 3.8) is 0 Å². The number of pyridine rings is 1. The van der Waals surface area contributed by atoms with Crippen LogP contribution in [0.1, 0.15) is 12.8 Å². The normalized spacial score (nSPS) is 14.8. The van der Waals surface area contributed by atoms with Gasteiger partial charge in [-0.1, -0.05) is 12.1 Å². The molecule has 5 rings (SSSR count). The minimum Gasteiger partial charge on any atom is -0.490 e. The van der Waals surface area contributed by atoms with Gasteiger partial charge in [0.2, 0.25) is 0 Å². The fraction of sp³-hybridized carbons (Fsp3) is 0.208. The summed E-state index contributed by atoms with van der Waals surface area (Å²) in [6, 6.07) is 18.2. The summed E-state index contributed by atoms with van der Waals surface area (Å²) in [7, 11) is 0. The van der Waals surface area contributed by atoms with Crippen molar-refractivity contribution in [1.82, 2.24) is 15.0 Å². The topological polar surface area (TPSA) is 51.1 Å². The van der Waals surface area contributed by atoms with Crippen molar-refractivity contribution in [3.05, 3.63) is 78.9 Å². The lowest BCUT2D eigenvalue weighted by Gasteiger charge is -2.33. The number of hydrogen-bond donors (Lipinski definition) is 0. The monoisotopic (exact) mass is 400 g/mol. The molecule has 1 fully saturated rings. The smallest absolute Gasteiger partial charge is 0.163 e. The Kier molecular flexibility index (Phi) is 4.97. The number of ether oxygens (including phenoxy) is 1. The molecule has 2 aromatic heterocycles. The van der Waals surface area contributed by atoms with E-state index in [1.54, 1.807) is 24.5 Å². The molecule has 0 aliphatic carbocycles. The largest absolute Gasteiger partial charge is 0.490 e. The molecule has 0 saturated carbocycles. The highest BCUT2D eigenvalue weighted by molar-refractivity contribution is 5.91. The van der Waals surface area contributed by atoms with E-state index < -0.39 is 0 Å². The van der Waals surface area contributed by atoms with Crippen LogP contribution in [0.25, 0.3) is 22.3 Å². The van der Waals surface area contributed by atoms with Crippen LogP contribution < -0.4 is 9.64 Å². The molecule has 0 amide bonds. The van der Waals surface area contributed by atoms with E-state index in [2.05, 4.69) is 16.0 Å². The highest BCUT2D eigenvalue weighted by Gasteiger charge is 2.23. The van der Waals surface area contributed by atoms with Crippen molar-refractivity contribution in [3.8, 4) is 17.1 Å². The quantitative estimate of drug-likeness (QED) is 0.489. The Bertz CT molecular complexity index is 1140. The molecular formula is C24H21FN4O. The molecule has 5 nitrogen and oxygen atoms in total. The van der Waals surface area contributed by atoms with Crippen LogP contribution >= 0.6 is 0 Å². The van der Waals surface area contributed by atoms with Gasteiger partial charge in [-0.2, -0.15) is 0 Å². The van der Waals surface area contributed by atoms with Gasteiger partial charge in [-0.05, 0) is 48.5 Å². The zero-order valence-corrected chi connectivity index (χ0v) is 16.4. The fourth-order valence-electron chi connectivity index (χ4n) is 3.82. The molecule has 0 radical (unpaired) electrons. The first-order valence-electron chi connectivity index (χ1n) is 10.1. The molecular weight excluding hydrogens is 379 g/mol. The van der Waals surface area contributed by atoms with E-state index in [9.17, 15) is 4.39 Å². The van der Waals surface area contributed by atoms with Crippen molar-refractivity contribution >= 4 is 16.7 Å². The van der Waals surface area contributed by atoms with E-state index >= 15 is 0 Å². The van der Waals surface area contributed by atoms with Crippen LogP contribution in [-0.4, -0.2) is 34.1 Å². The molecule has 0 bridgehead atoms. The van der Waals surface area contributed by atoms with E-state index in [0.717, 1.165) is 48.2 Å². The minimum atomic E-state index is -0.253. The van der Waals surface area contributed by atoms with Crippen molar-refractivity contribution in [2.45, 2.75) is 18.9 Å². The van der Waals surface area contributed by atoms with Crippen LogP contribution in [0.2, 0.25) is 0 Å². The maximum atomic E-state index is 13.1. The average molecular weight is 400 g/mol. The number of halogens is 1. The first kappa shape index (κ1) is 18.5. The Morgan fingerprint density at radius 3 is 2.47 bits per heavy atom. The highest BCUT2D eigenvalue weighted by Crippen LogP contribution is 2.30. The lowest BCUT2D eigenvalue weighted by molar-refractivity contribution is 0.170. The number of aromatic nitrogens is 3. The van der Waals surface area contributed by atoms with Crippen molar-refractivity contribution in [2.24, 2.45) is 0 Å². The number of anilines is 1. The Morgan fingerprint density at radius 2 is 1.70 bits per heavy atom. The molecule has 4 aromatic rings. The molecule has 0 spiro atoms. The Hall–Kier alpha value is -3.54. The second kappa shape index (κ2) is 8.06. The molecule has 0 atom stereocenters. The second-order valence-electron chi connectivity index (χ2n) is 7.39. The molecule has 3 heterocycles. The summed E-state index contributed by atoms with van der Waals surface area (Å²) < 4.78 is 19.1. The summed E-state index contributed by atoms with van der Waals surface area (Å²) >= 11 is 0. The average Bonchev–Trinajstić information content (AvgIpc) is 2.81. The number of fused-ring (bicyclic) bond motifs is 1. The molecule has 2 aromatic carbocycles. The summed E-state index contributed by atoms with van der Waals surface area (Å²) in [6.07, 6.45) is 5.39. The summed E-state index contributed by atoms with van der Waals surface area (Å²) in [6.45, 7) is 1.67. The fourth-order valence-corrected chi connectivity index (χ4v) is 3.82. The van der Waals surface area contributed by atoms with Gasteiger partial charge in [-0.25, -0.2) is 14.4 Å². The Labute approximate surface area is 174 Å². The van der Waals surface area contributed by atoms with Gasteiger partial charge in [-0.15, -0.1) is 0 Å². The predicted molar refractivity (Wildman–Crippen MR) is 115 cm³/mol. The van der Waals surface area contributed by atoms with Crippen molar-refractivity contribution < 1.29 is 9.13 Å². The number of benzene rings is 2. The number of hydrogen-bond acceptors (Lipinski definition) is 5. The van der Waals surface area contributed by atoms with Gasteiger partial charge in [0.25, 0.3) is 0 Å². The number of para-hydroxylation sites is 1. The molecule has 6 heteroatoms. The third-order valence-corrected chi connectivity index (χ3v) is 5.36. The highest BCUT2D eigenvalue weighted by atomic mass is 19.1. The van der Waals surface area contributed by atoms with Gasteiger partial charge in [0.15, 0.2) is 5.82 Å². The van der Waals surface area contributed by atoms with Gasteiger partial charge in [0.1, 0.15) is 23.5 Å². The molecule has 0 unspecified atom stereocenters. The SMILES string of the molecule is Fc1ccc(OC2CCN(c3nc(-c4cccnc4)nc4ccccc34)CC2)cc1. The van der Waals surface area contributed by atoms with Crippen LogP contribution in [0, 0.1) is 5.82 Å². The molecule has 0 N–H and O–H groups in total. The summed E-state index contributed by atoms with van der Waals surface area (Å²) in [5, 5.41) is 1.04. The molecule has 1 aliphatic rings. The van der Waals surface area contributed by atoms with E-state index in [1.807, 2.05) is 30.3 Å². The van der Waals surface area contributed by atoms with Crippen molar-refractivity contribution in [1.29, 1.82) is 0 Å². The Morgan fingerprint density at radius 1 is 0.900 bits per heavy atom. The first-order chi connectivity index (χ1) is 14.8. The number of nitrogens with zero attached hydrogens (tertiary/aromatic N) is 4. The van der Waals surface area contributed by atoms with E-state index in [4.69, 9.17) is 14.7 Å². The van der Waals surface area contributed by atoms with Gasteiger partial charge in [0.05, 0.1) is 5.52 Å². The summed E-state index contributed by atoms with van der Waals surface area (Å²) in [5.74, 6) is 2.08. The second-order valence-corrected chi connectivity index (χ2v) is 7.39. The van der Waals surface area contributed by atoms with Gasteiger partial charge in [-0.3, -0.25) is 4.98 Å². The lowest BCUT2D eigenvalue weighted by atomic mass is 10.1. The third-order valence-electron chi connectivity index (χ3n) is 5.36. The van der Waals surface area contributed by atoms with E-state index in [-0.39, 0.29) is 11.9 Å². The predicted octanol–water partition coefficient (Wildman–Crippen LogP) is 4.88. The van der Waals surface area contributed by atoms with Crippen LogP contribution in [-0.2, 0) is 0 Å². The first-order valence-corrected chi connectivity index (χ1v) is 10.1. The molecule has 150 valence electrons. The molecule has 1 aliphatic heterocycles. The lowest BCUT2D eigenvalue weighted by Crippen LogP contribution is -2.38. The third kappa shape index (κ3) is 3.81. The molecule has 1 saturated heterocycles. The van der Waals surface area contributed by atoms with Crippen LogP contribution in [0.5, 0.6) is 5.75 Å². The van der Waals surface area contributed by atoms with Crippen LogP contribution in [0.4, 0.5) is 10.2 Å². The number of piperidine rings is 1.